The molecule has 0 fully saturated rings. The van der Waals surface area contributed by atoms with Gasteiger partial charge in [-0.15, -0.1) is 0 Å². The van der Waals surface area contributed by atoms with Crippen LogP contribution in [0, 0.1) is 0 Å². The maximum atomic E-state index is 6.23. The first-order valence-corrected chi connectivity index (χ1v) is 8.07. The van der Waals surface area contributed by atoms with Gasteiger partial charge in [-0.2, -0.15) is 0 Å². The predicted molar refractivity (Wildman–Crippen MR) is 98.5 cm³/mol. The smallest absolute Gasteiger partial charge is 0.197 e. The second kappa shape index (κ2) is 6.17. The Kier molecular flexibility index (Phi) is 4.20. The topological polar surface area (TPSA) is 76.9 Å². The highest BCUT2D eigenvalue weighted by molar-refractivity contribution is 5.85. The normalized spacial score (nSPS) is 16.8. The van der Waals surface area contributed by atoms with E-state index in [1.165, 1.54) is 5.56 Å². The minimum Gasteiger partial charge on any atom is -0.496 e. The molecule has 0 spiro atoms. The standard InChI is InChI=1S/C19H24N4O/c1-11(2)12-6-8-17(24-4)15(9-12)13-5-7-14-16(10-13)22-19(21)23(3)18(14)20/h5-11,18H,20H2,1-4H3,(H2,21,22). The Morgan fingerprint density at radius 2 is 1.92 bits per heavy atom. The molecule has 5 heteroatoms. The average molecular weight is 324 g/mol. The zero-order valence-corrected chi connectivity index (χ0v) is 14.6. The van der Waals surface area contributed by atoms with Crippen molar-refractivity contribution < 1.29 is 4.74 Å². The second-order valence-electron chi connectivity index (χ2n) is 6.41. The first-order chi connectivity index (χ1) is 11.4. The van der Waals surface area contributed by atoms with Gasteiger partial charge in [0.1, 0.15) is 11.9 Å². The van der Waals surface area contributed by atoms with E-state index in [0.717, 1.165) is 28.1 Å². The molecule has 0 amide bonds. The van der Waals surface area contributed by atoms with E-state index in [1.54, 1.807) is 12.0 Å². The minimum absolute atomic E-state index is 0.282. The molecule has 0 bridgehead atoms. The Labute approximate surface area is 142 Å². The van der Waals surface area contributed by atoms with Gasteiger partial charge in [-0.1, -0.05) is 32.0 Å². The lowest BCUT2D eigenvalue weighted by atomic mass is 9.95. The summed E-state index contributed by atoms with van der Waals surface area (Å²) in [5.74, 6) is 1.71. The summed E-state index contributed by atoms with van der Waals surface area (Å²) in [6.45, 7) is 4.36. The van der Waals surface area contributed by atoms with Gasteiger partial charge in [0.15, 0.2) is 5.96 Å². The Bertz CT molecular complexity index is 798. The van der Waals surface area contributed by atoms with Gasteiger partial charge in [-0.05, 0) is 35.2 Å². The number of aliphatic imine (C=N–C) groups is 1. The number of nitrogens with two attached hydrogens (primary N) is 2. The molecule has 4 N–H and O–H groups in total. The van der Waals surface area contributed by atoms with E-state index in [4.69, 9.17) is 16.2 Å². The van der Waals surface area contributed by atoms with Crippen LogP contribution in [0.3, 0.4) is 0 Å². The van der Waals surface area contributed by atoms with Crippen molar-refractivity contribution in [3.8, 4) is 16.9 Å². The number of hydrogen-bond donors (Lipinski definition) is 2. The summed E-state index contributed by atoms with van der Waals surface area (Å²) < 4.78 is 5.54. The van der Waals surface area contributed by atoms with Gasteiger partial charge in [0.25, 0.3) is 0 Å². The van der Waals surface area contributed by atoms with Gasteiger partial charge in [-0.3, -0.25) is 0 Å². The summed E-state index contributed by atoms with van der Waals surface area (Å²) >= 11 is 0. The molecular formula is C19H24N4O. The molecule has 1 atom stereocenters. The third-order valence-corrected chi connectivity index (χ3v) is 4.56. The van der Waals surface area contributed by atoms with Crippen LogP contribution in [-0.2, 0) is 0 Å². The van der Waals surface area contributed by atoms with Gasteiger partial charge < -0.3 is 21.1 Å². The van der Waals surface area contributed by atoms with Crippen molar-refractivity contribution in [1.29, 1.82) is 0 Å². The number of fused-ring (bicyclic) bond motifs is 1. The molecule has 24 heavy (non-hydrogen) atoms. The molecule has 2 aromatic rings. The maximum absolute atomic E-state index is 6.23. The quantitative estimate of drug-likeness (QED) is 0.908. The van der Waals surface area contributed by atoms with Crippen LogP contribution in [0.2, 0.25) is 0 Å². The molecule has 3 rings (SSSR count). The van der Waals surface area contributed by atoms with Crippen LogP contribution in [0.1, 0.15) is 37.1 Å². The molecule has 1 unspecified atom stereocenters. The first kappa shape index (κ1) is 16.3. The summed E-state index contributed by atoms with van der Waals surface area (Å²) in [6.07, 6.45) is -0.282. The Morgan fingerprint density at radius 1 is 1.17 bits per heavy atom. The Balaban J connectivity index is 2.13. The number of benzene rings is 2. The highest BCUT2D eigenvalue weighted by atomic mass is 16.5. The van der Waals surface area contributed by atoms with Crippen molar-refractivity contribution >= 4 is 11.6 Å². The summed E-state index contributed by atoms with van der Waals surface area (Å²) in [4.78, 5) is 6.24. The van der Waals surface area contributed by atoms with E-state index >= 15 is 0 Å². The van der Waals surface area contributed by atoms with Crippen LogP contribution < -0.4 is 16.2 Å². The average Bonchev–Trinajstić information content (AvgIpc) is 2.58. The third-order valence-electron chi connectivity index (χ3n) is 4.56. The molecule has 1 aliphatic rings. The minimum atomic E-state index is -0.282. The van der Waals surface area contributed by atoms with Crippen molar-refractivity contribution in [3.05, 3.63) is 47.5 Å². The van der Waals surface area contributed by atoms with Crippen LogP contribution >= 0.6 is 0 Å². The zero-order chi connectivity index (χ0) is 17.4. The van der Waals surface area contributed by atoms with Gasteiger partial charge in [0.05, 0.1) is 12.8 Å². The highest BCUT2D eigenvalue weighted by Crippen LogP contribution is 2.38. The summed E-state index contributed by atoms with van der Waals surface area (Å²) in [5.41, 5.74) is 17.3. The van der Waals surface area contributed by atoms with Crippen LogP contribution in [0.5, 0.6) is 5.75 Å². The molecule has 1 aliphatic heterocycles. The molecule has 0 saturated carbocycles. The van der Waals surface area contributed by atoms with E-state index in [1.807, 2.05) is 25.2 Å². The van der Waals surface area contributed by atoms with E-state index in [2.05, 4.69) is 37.0 Å². The molecule has 2 aromatic carbocycles. The number of ether oxygens (including phenoxy) is 1. The molecule has 0 saturated heterocycles. The van der Waals surface area contributed by atoms with Crippen molar-refractivity contribution in [2.24, 2.45) is 16.5 Å². The van der Waals surface area contributed by atoms with E-state index in [-0.39, 0.29) is 6.17 Å². The molecular weight excluding hydrogens is 300 g/mol. The van der Waals surface area contributed by atoms with Gasteiger partial charge >= 0.3 is 0 Å². The van der Waals surface area contributed by atoms with Gasteiger partial charge in [-0.25, -0.2) is 4.99 Å². The molecule has 0 aliphatic carbocycles. The molecule has 0 aromatic heterocycles. The Morgan fingerprint density at radius 3 is 2.58 bits per heavy atom. The summed E-state index contributed by atoms with van der Waals surface area (Å²) in [5, 5.41) is 0. The lowest BCUT2D eigenvalue weighted by Crippen LogP contribution is -2.42. The van der Waals surface area contributed by atoms with Crippen LogP contribution in [0.25, 0.3) is 11.1 Å². The van der Waals surface area contributed by atoms with E-state index in [9.17, 15) is 0 Å². The SMILES string of the molecule is COc1ccc(C(C)C)cc1-c1ccc2c(c1)N=C(N)N(C)C2N. The zero-order valence-electron chi connectivity index (χ0n) is 14.6. The van der Waals surface area contributed by atoms with Crippen LogP contribution in [-0.4, -0.2) is 25.0 Å². The molecule has 5 nitrogen and oxygen atoms in total. The van der Waals surface area contributed by atoms with Crippen molar-refractivity contribution in [1.82, 2.24) is 4.90 Å². The van der Waals surface area contributed by atoms with Crippen LogP contribution in [0.15, 0.2) is 41.4 Å². The van der Waals surface area contributed by atoms with E-state index < -0.39 is 0 Å². The fourth-order valence-corrected chi connectivity index (χ4v) is 2.92. The number of rotatable bonds is 3. The molecule has 1 heterocycles. The van der Waals surface area contributed by atoms with Gasteiger partial charge in [0, 0.05) is 18.2 Å². The third kappa shape index (κ3) is 2.71. The van der Waals surface area contributed by atoms with Crippen LogP contribution in [0.4, 0.5) is 5.69 Å². The Hall–Kier alpha value is -2.53. The summed E-state index contributed by atoms with van der Waals surface area (Å²) in [6, 6.07) is 12.4. The monoisotopic (exact) mass is 324 g/mol. The number of methoxy groups -OCH3 is 1. The summed E-state index contributed by atoms with van der Waals surface area (Å²) in [7, 11) is 3.53. The largest absolute Gasteiger partial charge is 0.496 e. The highest BCUT2D eigenvalue weighted by Gasteiger charge is 2.23. The second-order valence-corrected chi connectivity index (χ2v) is 6.41. The van der Waals surface area contributed by atoms with Gasteiger partial charge in [0.2, 0.25) is 0 Å². The van der Waals surface area contributed by atoms with Crippen molar-refractivity contribution in [2.75, 3.05) is 14.2 Å². The lowest BCUT2D eigenvalue weighted by molar-refractivity contribution is 0.375. The van der Waals surface area contributed by atoms with E-state index in [0.29, 0.717) is 11.9 Å². The molecule has 126 valence electrons. The number of hydrogen-bond acceptors (Lipinski definition) is 5. The lowest BCUT2D eigenvalue weighted by Gasteiger charge is -2.31. The predicted octanol–water partition coefficient (Wildman–Crippen LogP) is 3.33. The maximum Gasteiger partial charge on any atom is 0.197 e. The fraction of sp³-hybridized carbons (Fsp3) is 0.316. The number of guanidine groups is 1. The van der Waals surface area contributed by atoms with Crippen molar-refractivity contribution in [2.45, 2.75) is 25.9 Å². The number of nitrogens with zero attached hydrogens (tertiary/aromatic N) is 2. The fourth-order valence-electron chi connectivity index (χ4n) is 2.92. The van der Waals surface area contributed by atoms with Crippen molar-refractivity contribution in [3.63, 3.8) is 0 Å². The first-order valence-electron chi connectivity index (χ1n) is 8.07. The molecule has 0 radical (unpaired) electrons.